The molecule has 35 heavy (non-hydrogen) atoms. The van der Waals surface area contributed by atoms with Crippen LogP contribution in [0.2, 0.25) is 0 Å². The number of fused-ring (bicyclic) bond motifs is 1. The van der Waals surface area contributed by atoms with Gasteiger partial charge in [0, 0.05) is 18.3 Å². The monoisotopic (exact) mass is 474 g/mol. The number of halogens is 1. The lowest BCUT2D eigenvalue weighted by Crippen LogP contribution is -2.52. The van der Waals surface area contributed by atoms with Crippen molar-refractivity contribution >= 4 is 11.9 Å². The molecular weight excluding hydrogens is 443 g/mol. The van der Waals surface area contributed by atoms with E-state index in [9.17, 15) is 4.39 Å². The Morgan fingerprint density at radius 2 is 2.06 bits per heavy atom. The third-order valence-electron chi connectivity index (χ3n) is 6.72. The van der Waals surface area contributed by atoms with Crippen LogP contribution in [0.25, 0.3) is 11.8 Å². The molecule has 7 heteroatoms. The van der Waals surface area contributed by atoms with Crippen LogP contribution >= 0.6 is 0 Å². The van der Waals surface area contributed by atoms with Gasteiger partial charge in [-0.15, -0.1) is 0 Å². The summed E-state index contributed by atoms with van der Waals surface area (Å²) in [4.78, 5) is 12.7. The van der Waals surface area contributed by atoms with Crippen LogP contribution in [0.4, 0.5) is 4.39 Å². The second-order valence-corrected chi connectivity index (χ2v) is 9.55. The Morgan fingerprint density at radius 3 is 2.77 bits per heavy atom. The number of aromatic nitrogens is 2. The fourth-order valence-corrected chi connectivity index (χ4v) is 5.12. The van der Waals surface area contributed by atoms with Crippen LogP contribution in [-0.4, -0.2) is 40.0 Å². The summed E-state index contributed by atoms with van der Waals surface area (Å²) in [6.45, 7) is 7.23. The first-order valence-electron chi connectivity index (χ1n) is 12.1. The number of hydrogen-bond donors (Lipinski definition) is 0. The number of amidine groups is 1. The maximum absolute atomic E-state index is 14.0. The summed E-state index contributed by atoms with van der Waals surface area (Å²) in [5, 5.41) is 4.57. The molecule has 5 rings (SSSR count). The number of benzene rings is 2. The van der Waals surface area contributed by atoms with E-state index in [2.05, 4.69) is 41.0 Å². The molecule has 2 aliphatic heterocycles. The molecule has 0 spiro atoms. The van der Waals surface area contributed by atoms with E-state index in [1.165, 1.54) is 6.07 Å². The molecule has 1 saturated heterocycles. The van der Waals surface area contributed by atoms with Crippen LogP contribution in [0.3, 0.4) is 0 Å². The van der Waals surface area contributed by atoms with Crippen LogP contribution in [0, 0.1) is 18.7 Å². The highest BCUT2D eigenvalue weighted by Crippen LogP contribution is 2.38. The first kappa shape index (κ1) is 23.1. The van der Waals surface area contributed by atoms with Gasteiger partial charge >= 0.3 is 0 Å². The Hall–Kier alpha value is -3.61. The Bertz CT molecular complexity index is 1280. The molecule has 1 fully saturated rings. The Labute approximate surface area is 205 Å². The Morgan fingerprint density at radius 1 is 1.20 bits per heavy atom. The van der Waals surface area contributed by atoms with Gasteiger partial charge in [-0.05, 0) is 67.2 Å². The molecular formula is C28H31FN4O2. The van der Waals surface area contributed by atoms with Crippen molar-refractivity contribution in [3.63, 3.8) is 0 Å². The van der Waals surface area contributed by atoms with Crippen molar-refractivity contribution in [1.82, 2.24) is 14.5 Å². The van der Waals surface area contributed by atoms with Gasteiger partial charge in [0.2, 0.25) is 0 Å². The third kappa shape index (κ3) is 4.55. The molecule has 0 N–H and O–H groups in total. The number of aryl methyl sites for hydroxylation is 1. The summed E-state index contributed by atoms with van der Waals surface area (Å²) >= 11 is 0. The standard InChI is InChI=1S/C28H31FN4O2/c1-18(2)26-27(21-7-5-9-23(29)15-21)35-31-28-22(8-6-12-33(26)28)13-20-10-11-24(25(14-20)34-4)32-16-19(3)30-17-32/h5,7,9-11,13-18,26-27H,6,8,12H2,1-4H3/b22-13+/t26-,27?/m0/s1. The zero-order valence-electron chi connectivity index (χ0n) is 20.6. The molecule has 1 aromatic heterocycles. The van der Waals surface area contributed by atoms with Crippen molar-refractivity contribution in [2.75, 3.05) is 13.7 Å². The van der Waals surface area contributed by atoms with E-state index < -0.39 is 0 Å². The summed E-state index contributed by atoms with van der Waals surface area (Å²) in [6.07, 6.45) is 7.56. The average Bonchev–Trinajstić information content (AvgIpc) is 3.29. The van der Waals surface area contributed by atoms with Gasteiger partial charge in [-0.1, -0.05) is 37.2 Å². The minimum absolute atomic E-state index is 0.0643. The normalized spacial score (nSPS) is 21.0. The van der Waals surface area contributed by atoms with E-state index in [1.54, 1.807) is 25.6 Å². The van der Waals surface area contributed by atoms with E-state index >= 15 is 0 Å². The van der Waals surface area contributed by atoms with Gasteiger partial charge in [0.15, 0.2) is 11.9 Å². The molecule has 2 atom stereocenters. The first-order valence-corrected chi connectivity index (χ1v) is 12.1. The highest BCUT2D eigenvalue weighted by Gasteiger charge is 2.41. The van der Waals surface area contributed by atoms with E-state index in [1.807, 2.05) is 35.9 Å². The van der Waals surface area contributed by atoms with Crippen LogP contribution in [0.15, 0.2) is 65.7 Å². The molecule has 6 nitrogen and oxygen atoms in total. The van der Waals surface area contributed by atoms with Crippen LogP contribution in [0.1, 0.15) is 49.6 Å². The Kier molecular flexibility index (Phi) is 6.32. The quantitative estimate of drug-likeness (QED) is 0.461. The smallest absolute Gasteiger partial charge is 0.173 e. The van der Waals surface area contributed by atoms with Crippen molar-refractivity contribution < 1.29 is 14.0 Å². The first-order chi connectivity index (χ1) is 16.9. The third-order valence-corrected chi connectivity index (χ3v) is 6.72. The van der Waals surface area contributed by atoms with E-state index in [0.717, 1.165) is 59.1 Å². The molecule has 0 saturated carbocycles. The van der Waals surface area contributed by atoms with Crippen LogP contribution < -0.4 is 4.74 Å². The molecule has 3 heterocycles. The molecule has 0 bridgehead atoms. The number of piperidine rings is 1. The summed E-state index contributed by atoms with van der Waals surface area (Å²) in [5.74, 6) is 1.69. The Balaban J connectivity index is 1.48. The summed E-state index contributed by atoms with van der Waals surface area (Å²) in [7, 11) is 1.68. The van der Waals surface area contributed by atoms with Crippen molar-refractivity contribution in [1.29, 1.82) is 0 Å². The number of rotatable bonds is 5. The number of oxime groups is 1. The molecule has 0 aliphatic carbocycles. The highest BCUT2D eigenvalue weighted by molar-refractivity contribution is 6.03. The fraction of sp³-hybridized carbons (Fsp3) is 0.357. The summed E-state index contributed by atoms with van der Waals surface area (Å²) < 4.78 is 21.6. The number of hydrogen-bond acceptors (Lipinski definition) is 5. The van der Waals surface area contributed by atoms with Crippen molar-refractivity contribution in [2.24, 2.45) is 11.1 Å². The van der Waals surface area contributed by atoms with Gasteiger partial charge in [-0.3, -0.25) is 0 Å². The minimum Gasteiger partial charge on any atom is -0.495 e. The van der Waals surface area contributed by atoms with Gasteiger partial charge in [-0.25, -0.2) is 9.37 Å². The van der Waals surface area contributed by atoms with Crippen LogP contribution in [-0.2, 0) is 4.84 Å². The highest BCUT2D eigenvalue weighted by atomic mass is 19.1. The number of nitrogens with zero attached hydrogens (tertiary/aromatic N) is 4. The van der Waals surface area contributed by atoms with E-state index in [0.29, 0.717) is 5.92 Å². The molecule has 1 unspecified atom stereocenters. The van der Waals surface area contributed by atoms with Crippen molar-refractivity contribution in [2.45, 2.75) is 45.8 Å². The minimum atomic E-state index is -0.313. The topological polar surface area (TPSA) is 51.9 Å². The molecule has 182 valence electrons. The van der Waals surface area contributed by atoms with Crippen LogP contribution in [0.5, 0.6) is 5.75 Å². The molecule has 0 amide bonds. The lowest BCUT2D eigenvalue weighted by Gasteiger charge is -2.45. The zero-order valence-corrected chi connectivity index (χ0v) is 20.6. The van der Waals surface area contributed by atoms with Gasteiger partial charge in [0.1, 0.15) is 11.6 Å². The maximum Gasteiger partial charge on any atom is 0.173 e. The number of imidazole rings is 1. The van der Waals surface area contributed by atoms with E-state index in [4.69, 9.17) is 9.57 Å². The predicted octanol–water partition coefficient (Wildman–Crippen LogP) is 5.92. The largest absolute Gasteiger partial charge is 0.495 e. The molecule has 2 aromatic carbocycles. The van der Waals surface area contributed by atoms with Gasteiger partial charge in [-0.2, -0.15) is 0 Å². The van der Waals surface area contributed by atoms with E-state index in [-0.39, 0.29) is 18.0 Å². The van der Waals surface area contributed by atoms with Crippen molar-refractivity contribution in [3.05, 3.63) is 83.2 Å². The zero-order chi connectivity index (χ0) is 24.5. The SMILES string of the molecule is COc1cc(/C=C2\CCCN3C2=NOC(c2cccc(F)c2)[C@@H]3C(C)C)ccc1-n1cnc(C)c1. The van der Waals surface area contributed by atoms with Gasteiger partial charge in [0.25, 0.3) is 0 Å². The average molecular weight is 475 g/mol. The summed E-state index contributed by atoms with van der Waals surface area (Å²) in [5.41, 5.74) is 4.88. The molecule has 2 aliphatic rings. The molecule has 0 radical (unpaired) electrons. The lowest BCUT2D eigenvalue weighted by atomic mass is 9.88. The molecule has 3 aromatic rings. The number of methoxy groups -OCH3 is 1. The second kappa shape index (κ2) is 9.56. The lowest BCUT2D eigenvalue weighted by molar-refractivity contribution is -0.0372. The van der Waals surface area contributed by atoms with Gasteiger partial charge in [0.05, 0.1) is 30.9 Å². The fourth-order valence-electron chi connectivity index (χ4n) is 5.12. The summed E-state index contributed by atoms with van der Waals surface area (Å²) in [6, 6.07) is 12.9. The number of ether oxygens (including phenoxy) is 1. The maximum atomic E-state index is 14.0. The second-order valence-electron chi connectivity index (χ2n) is 9.55. The van der Waals surface area contributed by atoms with Crippen molar-refractivity contribution in [3.8, 4) is 11.4 Å². The van der Waals surface area contributed by atoms with Gasteiger partial charge < -0.3 is 19.0 Å². The predicted molar refractivity (Wildman–Crippen MR) is 135 cm³/mol.